The highest BCUT2D eigenvalue weighted by molar-refractivity contribution is 7.14. The van der Waals surface area contributed by atoms with E-state index in [1.807, 2.05) is 11.0 Å². The topological polar surface area (TPSA) is 66.9 Å². The molecule has 2 fully saturated rings. The van der Waals surface area contributed by atoms with Crippen molar-refractivity contribution in [1.82, 2.24) is 4.90 Å². The lowest BCUT2D eigenvalue weighted by Crippen LogP contribution is -2.45. The molecule has 0 radical (unpaired) electrons. The second-order valence-corrected chi connectivity index (χ2v) is 11.1. The van der Waals surface area contributed by atoms with Crippen molar-refractivity contribution in [2.24, 2.45) is 11.8 Å². The normalized spacial score (nSPS) is 21.8. The first-order valence-electron chi connectivity index (χ1n) is 11.4. The van der Waals surface area contributed by atoms with Gasteiger partial charge in [-0.1, -0.05) is 27.7 Å². The summed E-state index contributed by atoms with van der Waals surface area (Å²) >= 11 is 1.36. The van der Waals surface area contributed by atoms with Crippen LogP contribution in [-0.2, 0) is 19.7 Å². The molecular formula is C24H36N2O4S. The van der Waals surface area contributed by atoms with E-state index in [-0.39, 0.29) is 29.7 Å². The molecule has 3 rings (SSSR count). The average Bonchev–Trinajstić information content (AvgIpc) is 3.41. The summed E-state index contributed by atoms with van der Waals surface area (Å²) < 4.78 is 5.04. The van der Waals surface area contributed by atoms with Crippen LogP contribution in [0, 0.1) is 11.8 Å². The molecular weight excluding hydrogens is 412 g/mol. The maximum absolute atomic E-state index is 13.7. The first-order chi connectivity index (χ1) is 14.6. The molecule has 0 bridgehead atoms. The fraction of sp³-hybridized carbons (Fsp3) is 0.708. The summed E-state index contributed by atoms with van der Waals surface area (Å²) in [6, 6.07) is 1.91. The van der Waals surface area contributed by atoms with E-state index in [4.69, 9.17) is 4.74 Å². The number of likely N-dealkylation sites (tertiary alicyclic amines) is 1. The minimum Gasteiger partial charge on any atom is -0.465 e. The van der Waals surface area contributed by atoms with Crippen LogP contribution in [0.15, 0.2) is 6.07 Å². The third-order valence-corrected chi connectivity index (χ3v) is 8.03. The van der Waals surface area contributed by atoms with Gasteiger partial charge in [-0.3, -0.25) is 9.59 Å². The lowest BCUT2D eigenvalue weighted by molar-refractivity contribution is -0.131. The first kappa shape index (κ1) is 23.8. The van der Waals surface area contributed by atoms with Crippen molar-refractivity contribution in [3.8, 4) is 0 Å². The summed E-state index contributed by atoms with van der Waals surface area (Å²) in [5, 5.41) is 0. The number of amides is 2. The van der Waals surface area contributed by atoms with Gasteiger partial charge in [0, 0.05) is 23.9 Å². The summed E-state index contributed by atoms with van der Waals surface area (Å²) in [5.41, 5.74) is 0.345. The molecule has 0 aromatic carbocycles. The largest absolute Gasteiger partial charge is 0.465 e. The molecule has 0 unspecified atom stereocenters. The lowest BCUT2D eigenvalue weighted by Gasteiger charge is -2.31. The maximum Gasteiger partial charge on any atom is 0.350 e. The number of carbonyl (C=O) groups is 3. The van der Waals surface area contributed by atoms with Crippen LogP contribution >= 0.6 is 11.3 Å². The number of esters is 1. The van der Waals surface area contributed by atoms with Crippen LogP contribution in [0.3, 0.4) is 0 Å². The van der Waals surface area contributed by atoms with Crippen LogP contribution in [0.2, 0.25) is 0 Å². The third-order valence-electron chi connectivity index (χ3n) is 6.50. The Morgan fingerprint density at radius 1 is 1.13 bits per heavy atom. The number of ether oxygens (including phenoxy) is 1. The first-order valence-corrected chi connectivity index (χ1v) is 12.2. The quantitative estimate of drug-likeness (QED) is 0.617. The van der Waals surface area contributed by atoms with E-state index in [0.717, 1.165) is 56.5 Å². The van der Waals surface area contributed by atoms with Gasteiger partial charge in [0.2, 0.25) is 11.8 Å². The molecule has 6 nitrogen and oxygen atoms in total. The van der Waals surface area contributed by atoms with E-state index >= 15 is 0 Å². The lowest BCUT2D eigenvalue weighted by atomic mass is 9.82. The number of hydrogen-bond donors (Lipinski definition) is 0. The number of hydrogen-bond acceptors (Lipinski definition) is 5. The van der Waals surface area contributed by atoms with E-state index < -0.39 is 5.97 Å². The number of thiophene rings is 1. The molecule has 2 amide bonds. The molecule has 172 valence electrons. The maximum atomic E-state index is 13.7. The van der Waals surface area contributed by atoms with Crippen molar-refractivity contribution in [1.29, 1.82) is 0 Å². The van der Waals surface area contributed by atoms with Gasteiger partial charge in [0.1, 0.15) is 11.4 Å². The molecule has 2 heterocycles. The van der Waals surface area contributed by atoms with Crippen molar-refractivity contribution < 1.29 is 19.1 Å². The Bertz CT molecular complexity index is 812. The van der Waals surface area contributed by atoms with Gasteiger partial charge in [0.05, 0.1) is 12.8 Å². The van der Waals surface area contributed by atoms with E-state index in [1.54, 1.807) is 4.90 Å². The second kappa shape index (κ2) is 9.72. The highest BCUT2D eigenvalue weighted by Gasteiger charge is 2.35. The Balaban J connectivity index is 1.98. The molecule has 31 heavy (non-hydrogen) atoms. The molecule has 1 aliphatic heterocycles. The number of rotatable bonds is 5. The van der Waals surface area contributed by atoms with Crippen LogP contribution in [0.1, 0.15) is 80.8 Å². The molecule has 7 heteroatoms. The Kier molecular flexibility index (Phi) is 7.45. The van der Waals surface area contributed by atoms with Crippen LogP contribution < -0.4 is 4.90 Å². The van der Waals surface area contributed by atoms with E-state index in [2.05, 4.69) is 27.7 Å². The predicted molar refractivity (Wildman–Crippen MR) is 124 cm³/mol. The summed E-state index contributed by atoms with van der Waals surface area (Å²) in [4.78, 5) is 44.2. The van der Waals surface area contributed by atoms with Crippen LogP contribution in [0.25, 0.3) is 0 Å². The van der Waals surface area contributed by atoms with Gasteiger partial charge in [-0.2, -0.15) is 0 Å². The summed E-state index contributed by atoms with van der Waals surface area (Å²) in [6.07, 6.45) is 5.70. The Morgan fingerprint density at radius 2 is 1.74 bits per heavy atom. The monoisotopic (exact) mass is 448 g/mol. The second-order valence-electron chi connectivity index (χ2n) is 10.0. The molecule has 1 aromatic heterocycles. The number of methoxy groups -OCH3 is 1. The molecule has 0 spiro atoms. The Labute approximate surface area is 189 Å². The van der Waals surface area contributed by atoms with Crippen LogP contribution in [0.4, 0.5) is 5.69 Å². The van der Waals surface area contributed by atoms with Crippen molar-refractivity contribution in [3.05, 3.63) is 15.8 Å². The number of carbonyl (C=O) groups excluding carboxylic acids is 3. The molecule has 1 saturated heterocycles. The zero-order chi connectivity index (χ0) is 22.8. The van der Waals surface area contributed by atoms with E-state index in [9.17, 15) is 14.4 Å². The molecule has 0 atom stereocenters. The summed E-state index contributed by atoms with van der Waals surface area (Å²) in [7, 11) is 1.35. The minimum atomic E-state index is -0.459. The summed E-state index contributed by atoms with van der Waals surface area (Å²) in [6.45, 7) is 9.91. The highest BCUT2D eigenvalue weighted by Crippen LogP contribution is 2.39. The molecule has 2 aliphatic rings. The zero-order valence-electron chi connectivity index (χ0n) is 19.5. The molecule has 1 saturated carbocycles. The van der Waals surface area contributed by atoms with Gasteiger partial charge in [-0.25, -0.2) is 4.79 Å². The number of nitrogens with zero attached hydrogens (tertiary/aromatic N) is 2. The predicted octanol–water partition coefficient (Wildman–Crippen LogP) is 4.61. The van der Waals surface area contributed by atoms with E-state index in [1.165, 1.54) is 18.4 Å². The average molecular weight is 449 g/mol. The van der Waals surface area contributed by atoms with Gasteiger partial charge >= 0.3 is 5.97 Å². The third kappa shape index (κ3) is 5.48. The van der Waals surface area contributed by atoms with Crippen molar-refractivity contribution >= 4 is 34.8 Å². The van der Waals surface area contributed by atoms with Crippen LogP contribution in [-0.4, -0.2) is 49.4 Å². The summed E-state index contributed by atoms with van der Waals surface area (Å²) in [5.74, 6) is -0.0227. The Hall–Kier alpha value is -1.89. The van der Waals surface area contributed by atoms with Gasteiger partial charge in [0.25, 0.3) is 0 Å². The Morgan fingerprint density at radius 3 is 2.29 bits per heavy atom. The minimum absolute atomic E-state index is 0.0187. The van der Waals surface area contributed by atoms with Crippen molar-refractivity contribution in [3.63, 3.8) is 0 Å². The van der Waals surface area contributed by atoms with Crippen molar-refractivity contribution in [2.75, 3.05) is 31.6 Å². The molecule has 1 aromatic rings. The fourth-order valence-corrected chi connectivity index (χ4v) is 5.54. The molecule has 1 aliphatic carbocycles. The fourth-order valence-electron chi connectivity index (χ4n) is 4.40. The number of anilines is 1. The van der Waals surface area contributed by atoms with E-state index in [0.29, 0.717) is 16.5 Å². The van der Waals surface area contributed by atoms with Gasteiger partial charge in [0.15, 0.2) is 0 Å². The highest BCUT2D eigenvalue weighted by atomic mass is 32.1. The standard InChI is InChI=1S/C24H36N2O4S/c1-16-8-10-17(11-9-16)22(28)26(15-20(27)25-12-6-7-13-25)18-14-19(24(2,3)4)31-21(18)23(29)30-5/h14,16-17H,6-13,15H2,1-5H3/t16-,17-. The SMILES string of the molecule is COC(=O)c1sc(C(C)(C)C)cc1N(CC(=O)N1CCCC1)C(=O)[C@H]1CC[C@H](C)CC1. The molecule has 0 N–H and O–H groups in total. The van der Waals surface area contributed by atoms with Crippen molar-refractivity contribution in [2.45, 2.75) is 71.6 Å². The zero-order valence-corrected chi connectivity index (χ0v) is 20.3. The van der Waals surface area contributed by atoms with Gasteiger partial charge in [-0.05, 0) is 55.9 Å². The van der Waals surface area contributed by atoms with Crippen LogP contribution in [0.5, 0.6) is 0 Å². The van der Waals surface area contributed by atoms with Gasteiger partial charge < -0.3 is 14.5 Å². The smallest absolute Gasteiger partial charge is 0.350 e. The van der Waals surface area contributed by atoms with Gasteiger partial charge in [-0.15, -0.1) is 11.3 Å².